The van der Waals surface area contributed by atoms with Gasteiger partial charge in [-0.1, -0.05) is 48.5 Å². The van der Waals surface area contributed by atoms with Crippen LogP contribution in [0.4, 0.5) is 0 Å². The largest absolute Gasteiger partial charge is 0.373 e. The number of methoxy groups -OCH3 is 4. The fourth-order valence-electron chi connectivity index (χ4n) is 5.39. The Balaban J connectivity index is 2.13. The van der Waals surface area contributed by atoms with Gasteiger partial charge in [-0.05, 0) is 35.1 Å². The van der Waals surface area contributed by atoms with Crippen LogP contribution in [0.15, 0.2) is 48.5 Å². The molecule has 2 unspecified atom stereocenters. The van der Waals surface area contributed by atoms with Crippen molar-refractivity contribution in [2.24, 2.45) is 0 Å². The molecule has 4 heteroatoms. The molecule has 0 N–H and O–H groups in total. The van der Waals surface area contributed by atoms with E-state index in [0.717, 1.165) is 30.4 Å². The standard InChI is InChI=1S/C23H28O4/c1-24-21-14-9-15-23(26-3,27-4)22(16-21,25-2)20-13-8-6-11-18(20)17-10-5-7-12-19(17)21/h5-8,10-13H,9,14-16H2,1-4H3. The molecule has 0 heterocycles. The number of fused-ring (bicyclic) bond motifs is 7. The normalized spacial score (nSPS) is 28.6. The van der Waals surface area contributed by atoms with Crippen LogP contribution in [-0.2, 0) is 30.1 Å². The van der Waals surface area contributed by atoms with Gasteiger partial charge in [0.1, 0.15) is 5.60 Å². The molecule has 0 saturated heterocycles. The topological polar surface area (TPSA) is 36.9 Å². The van der Waals surface area contributed by atoms with Crippen LogP contribution in [0.3, 0.4) is 0 Å². The van der Waals surface area contributed by atoms with E-state index in [9.17, 15) is 0 Å². The molecule has 2 aliphatic carbocycles. The molecule has 2 aromatic rings. The Morgan fingerprint density at radius 3 is 1.85 bits per heavy atom. The van der Waals surface area contributed by atoms with E-state index < -0.39 is 17.0 Å². The maximum absolute atomic E-state index is 6.36. The molecule has 0 aliphatic heterocycles. The lowest BCUT2D eigenvalue weighted by Gasteiger charge is -2.48. The van der Waals surface area contributed by atoms with Gasteiger partial charge in [0.15, 0.2) is 0 Å². The summed E-state index contributed by atoms with van der Waals surface area (Å²) in [5.41, 5.74) is 3.38. The summed E-state index contributed by atoms with van der Waals surface area (Å²) in [6, 6.07) is 17.0. The quantitative estimate of drug-likeness (QED) is 0.738. The lowest BCUT2D eigenvalue weighted by molar-refractivity contribution is -0.323. The SMILES string of the molecule is COC12CCCC(OC)(OC)C(OC)(C1)c1ccccc1-c1ccccc12. The monoisotopic (exact) mass is 368 g/mol. The van der Waals surface area contributed by atoms with Crippen molar-refractivity contribution in [2.75, 3.05) is 28.4 Å². The highest BCUT2D eigenvalue weighted by Crippen LogP contribution is 2.59. The van der Waals surface area contributed by atoms with Crippen LogP contribution in [0.1, 0.15) is 36.8 Å². The molecule has 2 aromatic carbocycles. The second-order valence-corrected chi connectivity index (χ2v) is 7.51. The van der Waals surface area contributed by atoms with Gasteiger partial charge in [-0.3, -0.25) is 0 Å². The number of ether oxygens (including phenoxy) is 4. The average Bonchev–Trinajstić information content (AvgIpc) is 2.95. The third-order valence-electron chi connectivity index (χ3n) is 6.71. The lowest BCUT2D eigenvalue weighted by Crippen LogP contribution is -2.57. The van der Waals surface area contributed by atoms with Gasteiger partial charge in [-0.25, -0.2) is 0 Å². The molecule has 1 saturated carbocycles. The van der Waals surface area contributed by atoms with Crippen molar-refractivity contribution in [3.05, 3.63) is 59.7 Å². The van der Waals surface area contributed by atoms with Crippen molar-refractivity contribution in [2.45, 2.75) is 42.7 Å². The number of hydrogen-bond acceptors (Lipinski definition) is 4. The summed E-state index contributed by atoms with van der Waals surface area (Å²) < 4.78 is 24.8. The highest BCUT2D eigenvalue weighted by molar-refractivity contribution is 5.74. The van der Waals surface area contributed by atoms with Crippen LogP contribution in [0, 0.1) is 0 Å². The van der Waals surface area contributed by atoms with Crippen LogP contribution in [-0.4, -0.2) is 34.2 Å². The first-order valence-electron chi connectivity index (χ1n) is 9.52. The third-order valence-corrected chi connectivity index (χ3v) is 6.71. The summed E-state index contributed by atoms with van der Waals surface area (Å²) in [6.07, 6.45) is 3.16. The molecule has 0 radical (unpaired) electrons. The Hall–Kier alpha value is -1.72. The number of hydrogen-bond donors (Lipinski definition) is 0. The van der Waals surface area contributed by atoms with Crippen LogP contribution in [0.25, 0.3) is 11.1 Å². The van der Waals surface area contributed by atoms with Gasteiger partial charge < -0.3 is 18.9 Å². The first kappa shape index (κ1) is 18.6. The molecule has 2 bridgehead atoms. The van der Waals surface area contributed by atoms with E-state index >= 15 is 0 Å². The zero-order valence-corrected chi connectivity index (χ0v) is 16.6. The highest BCUT2D eigenvalue weighted by atomic mass is 16.7. The van der Waals surface area contributed by atoms with E-state index in [0.29, 0.717) is 6.42 Å². The van der Waals surface area contributed by atoms with Gasteiger partial charge in [-0.2, -0.15) is 0 Å². The smallest absolute Gasteiger partial charge is 0.201 e. The second kappa shape index (κ2) is 6.71. The molecular weight excluding hydrogens is 340 g/mol. The van der Waals surface area contributed by atoms with E-state index in [4.69, 9.17) is 18.9 Å². The molecule has 144 valence electrons. The first-order chi connectivity index (χ1) is 13.1. The molecule has 4 rings (SSSR count). The fraction of sp³-hybridized carbons (Fsp3) is 0.478. The Bertz CT molecular complexity index is 829. The van der Waals surface area contributed by atoms with Crippen LogP contribution < -0.4 is 0 Å². The Labute approximate surface area is 161 Å². The first-order valence-corrected chi connectivity index (χ1v) is 9.52. The van der Waals surface area contributed by atoms with Gasteiger partial charge in [0, 0.05) is 41.3 Å². The lowest BCUT2D eigenvalue weighted by atomic mass is 9.76. The van der Waals surface area contributed by atoms with E-state index in [1.54, 1.807) is 28.4 Å². The van der Waals surface area contributed by atoms with Crippen LogP contribution in [0.5, 0.6) is 0 Å². The molecule has 2 atom stereocenters. The summed E-state index contributed by atoms with van der Waals surface area (Å²) in [7, 11) is 6.99. The molecule has 1 fully saturated rings. The number of benzene rings is 2. The molecule has 4 nitrogen and oxygen atoms in total. The van der Waals surface area contributed by atoms with Crippen molar-refractivity contribution in [3.63, 3.8) is 0 Å². The predicted molar refractivity (Wildman–Crippen MR) is 104 cm³/mol. The fourth-order valence-corrected chi connectivity index (χ4v) is 5.39. The van der Waals surface area contributed by atoms with Gasteiger partial charge in [0.05, 0.1) is 5.60 Å². The van der Waals surface area contributed by atoms with Crippen molar-refractivity contribution in [1.82, 2.24) is 0 Å². The molecular formula is C23H28O4. The predicted octanol–water partition coefficient (Wildman–Crippen LogP) is 4.61. The third kappa shape index (κ3) is 2.37. The van der Waals surface area contributed by atoms with Crippen molar-refractivity contribution >= 4 is 0 Å². The minimum absolute atomic E-state index is 0.468. The molecule has 27 heavy (non-hydrogen) atoms. The summed E-state index contributed by atoms with van der Waals surface area (Å²) in [6.45, 7) is 0. The summed E-state index contributed by atoms with van der Waals surface area (Å²) in [4.78, 5) is 0. The van der Waals surface area contributed by atoms with E-state index in [1.165, 1.54) is 11.1 Å². The van der Waals surface area contributed by atoms with Gasteiger partial charge >= 0.3 is 0 Å². The summed E-state index contributed by atoms with van der Waals surface area (Å²) in [5, 5.41) is 0. The average molecular weight is 368 g/mol. The Morgan fingerprint density at radius 2 is 1.26 bits per heavy atom. The molecule has 0 amide bonds. The maximum Gasteiger partial charge on any atom is 0.201 e. The van der Waals surface area contributed by atoms with E-state index in [-0.39, 0.29) is 0 Å². The molecule has 2 aliphatic rings. The molecule has 0 aromatic heterocycles. The molecule has 0 spiro atoms. The van der Waals surface area contributed by atoms with Crippen molar-refractivity contribution < 1.29 is 18.9 Å². The zero-order chi connectivity index (χ0) is 19.1. The minimum Gasteiger partial charge on any atom is -0.373 e. The van der Waals surface area contributed by atoms with Gasteiger partial charge in [-0.15, -0.1) is 0 Å². The van der Waals surface area contributed by atoms with Crippen molar-refractivity contribution in [1.29, 1.82) is 0 Å². The van der Waals surface area contributed by atoms with Crippen molar-refractivity contribution in [3.8, 4) is 11.1 Å². The van der Waals surface area contributed by atoms with E-state index in [2.05, 4.69) is 48.5 Å². The van der Waals surface area contributed by atoms with Crippen LogP contribution in [0.2, 0.25) is 0 Å². The Morgan fingerprint density at radius 1 is 0.667 bits per heavy atom. The van der Waals surface area contributed by atoms with E-state index in [1.807, 2.05) is 0 Å². The Kier molecular flexibility index (Phi) is 4.63. The minimum atomic E-state index is -0.889. The maximum atomic E-state index is 6.36. The number of rotatable bonds is 4. The summed E-state index contributed by atoms with van der Waals surface area (Å²) in [5.74, 6) is -0.889. The van der Waals surface area contributed by atoms with Gasteiger partial charge in [0.25, 0.3) is 0 Å². The zero-order valence-electron chi connectivity index (χ0n) is 16.6. The van der Waals surface area contributed by atoms with Crippen LogP contribution >= 0.6 is 0 Å². The summed E-state index contributed by atoms with van der Waals surface area (Å²) >= 11 is 0. The highest BCUT2D eigenvalue weighted by Gasteiger charge is 2.62. The second-order valence-electron chi connectivity index (χ2n) is 7.51. The van der Waals surface area contributed by atoms with Gasteiger partial charge in [0.2, 0.25) is 5.79 Å².